The number of carbonyl (C=O) groups is 1. The van der Waals surface area contributed by atoms with Gasteiger partial charge in [0.25, 0.3) is 5.91 Å². The maximum atomic E-state index is 12.0. The molecule has 1 unspecified atom stereocenters. The van der Waals surface area contributed by atoms with Crippen LogP contribution >= 0.6 is 0 Å². The van der Waals surface area contributed by atoms with Gasteiger partial charge in [0.1, 0.15) is 5.75 Å². The van der Waals surface area contributed by atoms with Crippen LogP contribution in [0.15, 0.2) is 30.3 Å². The van der Waals surface area contributed by atoms with Crippen molar-refractivity contribution in [3.05, 3.63) is 30.3 Å². The van der Waals surface area contributed by atoms with Gasteiger partial charge in [-0.2, -0.15) is 0 Å². The third-order valence-electron chi connectivity index (χ3n) is 3.09. The van der Waals surface area contributed by atoms with Crippen LogP contribution in [0.25, 0.3) is 0 Å². The quantitative estimate of drug-likeness (QED) is 0.847. The first-order valence-corrected chi connectivity index (χ1v) is 6.57. The molecule has 1 saturated heterocycles. The molecule has 1 aromatic rings. The number of rotatable bonds is 5. The molecule has 1 atom stereocenters. The summed E-state index contributed by atoms with van der Waals surface area (Å²) in [4.78, 5) is 13.8. The maximum Gasteiger partial charge on any atom is 0.260 e. The average Bonchev–Trinajstić information content (AvgIpc) is 2.46. The van der Waals surface area contributed by atoms with Crippen molar-refractivity contribution >= 4 is 5.91 Å². The fourth-order valence-corrected chi connectivity index (χ4v) is 2.06. The first-order valence-electron chi connectivity index (χ1n) is 6.57. The highest BCUT2D eigenvalue weighted by Gasteiger charge is 2.23. The summed E-state index contributed by atoms with van der Waals surface area (Å²) in [7, 11) is 0. The summed E-state index contributed by atoms with van der Waals surface area (Å²) >= 11 is 0. The van der Waals surface area contributed by atoms with Crippen LogP contribution in [-0.2, 0) is 9.53 Å². The summed E-state index contributed by atoms with van der Waals surface area (Å²) in [5.41, 5.74) is 5.51. The molecule has 1 heterocycles. The van der Waals surface area contributed by atoms with E-state index in [4.69, 9.17) is 15.2 Å². The van der Waals surface area contributed by atoms with Gasteiger partial charge in [-0.25, -0.2) is 0 Å². The molecule has 2 N–H and O–H groups in total. The molecule has 2 rings (SSSR count). The van der Waals surface area contributed by atoms with Crippen molar-refractivity contribution in [3.63, 3.8) is 0 Å². The molecule has 1 aliphatic heterocycles. The standard InChI is InChI=1S/C14H20N2O3/c15-7-6-13-10-16(8-9-18-13)14(17)11-19-12-4-2-1-3-5-12/h1-5,13H,6-11,15H2. The number of nitrogens with zero attached hydrogens (tertiary/aromatic N) is 1. The Hall–Kier alpha value is -1.59. The number of morpholine rings is 1. The molecule has 0 aromatic heterocycles. The summed E-state index contributed by atoms with van der Waals surface area (Å²) in [6, 6.07) is 9.35. The van der Waals surface area contributed by atoms with Crippen molar-refractivity contribution in [2.45, 2.75) is 12.5 Å². The Bertz CT molecular complexity index is 395. The average molecular weight is 264 g/mol. The first kappa shape index (κ1) is 13.8. The zero-order valence-corrected chi connectivity index (χ0v) is 11.0. The van der Waals surface area contributed by atoms with Crippen molar-refractivity contribution in [1.29, 1.82) is 0 Å². The van der Waals surface area contributed by atoms with Gasteiger partial charge < -0.3 is 20.1 Å². The van der Waals surface area contributed by atoms with Crippen LogP contribution in [-0.4, -0.2) is 49.8 Å². The van der Waals surface area contributed by atoms with E-state index >= 15 is 0 Å². The van der Waals surface area contributed by atoms with E-state index in [1.165, 1.54) is 0 Å². The highest BCUT2D eigenvalue weighted by atomic mass is 16.5. The Labute approximate surface area is 113 Å². The topological polar surface area (TPSA) is 64.8 Å². The minimum atomic E-state index is -0.00539. The number of hydrogen-bond acceptors (Lipinski definition) is 4. The Morgan fingerprint density at radius 1 is 1.42 bits per heavy atom. The summed E-state index contributed by atoms with van der Waals surface area (Å²) in [5, 5.41) is 0. The molecule has 5 heteroatoms. The Morgan fingerprint density at radius 3 is 2.95 bits per heavy atom. The molecule has 0 spiro atoms. The minimum absolute atomic E-state index is 0.00539. The van der Waals surface area contributed by atoms with Crippen LogP contribution in [0.4, 0.5) is 0 Å². The van der Waals surface area contributed by atoms with Crippen molar-refractivity contribution in [3.8, 4) is 5.75 Å². The zero-order chi connectivity index (χ0) is 13.5. The second kappa shape index (κ2) is 7.11. The molecule has 1 aromatic carbocycles. The molecule has 1 fully saturated rings. The lowest BCUT2D eigenvalue weighted by Gasteiger charge is -2.32. The van der Waals surface area contributed by atoms with Gasteiger partial charge in [0.2, 0.25) is 0 Å². The van der Waals surface area contributed by atoms with Crippen LogP contribution in [0.2, 0.25) is 0 Å². The molecule has 1 amide bonds. The largest absolute Gasteiger partial charge is 0.484 e. The third kappa shape index (κ3) is 4.22. The summed E-state index contributed by atoms with van der Waals surface area (Å²) in [6.45, 7) is 2.44. The van der Waals surface area contributed by atoms with E-state index in [1.807, 2.05) is 30.3 Å². The number of para-hydroxylation sites is 1. The number of nitrogens with two attached hydrogens (primary N) is 1. The van der Waals surface area contributed by atoms with Crippen LogP contribution in [0.1, 0.15) is 6.42 Å². The molecule has 0 radical (unpaired) electrons. The SMILES string of the molecule is NCCC1CN(C(=O)COc2ccccc2)CCO1. The number of hydrogen-bond donors (Lipinski definition) is 1. The minimum Gasteiger partial charge on any atom is -0.484 e. The van der Waals surface area contributed by atoms with Gasteiger partial charge in [-0.05, 0) is 25.1 Å². The van der Waals surface area contributed by atoms with Crippen LogP contribution < -0.4 is 10.5 Å². The lowest BCUT2D eigenvalue weighted by atomic mass is 10.2. The molecule has 0 aliphatic carbocycles. The van der Waals surface area contributed by atoms with E-state index in [0.717, 1.165) is 6.42 Å². The van der Waals surface area contributed by atoms with Gasteiger partial charge in [0, 0.05) is 13.1 Å². The van der Waals surface area contributed by atoms with Crippen molar-refractivity contribution in [1.82, 2.24) is 4.90 Å². The normalized spacial score (nSPS) is 19.2. The van der Waals surface area contributed by atoms with E-state index < -0.39 is 0 Å². The predicted molar refractivity (Wildman–Crippen MR) is 71.9 cm³/mol. The summed E-state index contributed by atoms with van der Waals surface area (Å²) in [5.74, 6) is 0.705. The predicted octanol–water partition coefficient (Wildman–Crippen LogP) is 0.642. The van der Waals surface area contributed by atoms with E-state index in [0.29, 0.717) is 32.0 Å². The third-order valence-corrected chi connectivity index (χ3v) is 3.09. The number of amides is 1. The van der Waals surface area contributed by atoms with E-state index in [9.17, 15) is 4.79 Å². The Kier molecular flexibility index (Phi) is 5.18. The number of benzene rings is 1. The maximum absolute atomic E-state index is 12.0. The second-order valence-corrected chi connectivity index (χ2v) is 4.51. The summed E-state index contributed by atoms with van der Waals surface area (Å²) < 4.78 is 11.0. The van der Waals surface area contributed by atoms with Gasteiger partial charge in [-0.15, -0.1) is 0 Å². The monoisotopic (exact) mass is 264 g/mol. The van der Waals surface area contributed by atoms with Crippen molar-refractivity contribution < 1.29 is 14.3 Å². The fraction of sp³-hybridized carbons (Fsp3) is 0.500. The molecule has 5 nitrogen and oxygen atoms in total. The van der Waals surface area contributed by atoms with Gasteiger partial charge in [0.15, 0.2) is 6.61 Å². The smallest absolute Gasteiger partial charge is 0.260 e. The molecule has 1 aliphatic rings. The summed E-state index contributed by atoms with van der Waals surface area (Å²) in [6.07, 6.45) is 0.836. The Balaban J connectivity index is 1.79. The number of carbonyl (C=O) groups excluding carboxylic acids is 1. The van der Waals surface area contributed by atoms with Gasteiger partial charge in [-0.1, -0.05) is 18.2 Å². The Morgan fingerprint density at radius 2 is 2.21 bits per heavy atom. The van der Waals surface area contributed by atoms with E-state index in [1.54, 1.807) is 4.90 Å². The molecule has 0 bridgehead atoms. The van der Waals surface area contributed by atoms with E-state index in [-0.39, 0.29) is 18.6 Å². The van der Waals surface area contributed by atoms with Gasteiger partial charge in [0.05, 0.1) is 12.7 Å². The molecule has 19 heavy (non-hydrogen) atoms. The highest BCUT2D eigenvalue weighted by molar-refractivity contribution is 5.77. The van der Waals surface area contributed by atoms with Crippen LogP contribution in [0, 0.1) is 0 Å². The first-order chi connectivity index (χ1) is 9.29. The van der Waals surface area contributed by atoms with Crippen LogP contribution in [0.3, 0.4) is 0 Å². The molecule has 0 saturated carbocycles. The fourth-order valence-electron chi connectivity index (χ4n) is 2.06. The van der Waals surface area contributed by atoms with Crippen molar-refractivity contribution in [2.24, 2.45) is 5.73 Å². The second-order valence-electron chi connectivity index (χ2n) is 4.51. The van der Waals surface area contributed by atoms with Gasteiger partial charge >= 0.3 is 0 Å². The highest BCUT2D eigenvalue weighted by Crippen LogP contribution is 2.11. The molecular weight excluding hydrogens is 244 g/mol. The lowest BCUT2D eigenvalue weighted by molar-refractivity contribution is -0.141. The van der Waals surface area contributed by atoms with E-state index in [2.05, 4.69) is 0 Å². The number of ether oxygens (including phenoxy) is 2. The lowest BCUT2D eigenvalue weighted by Crippen LogP contribution is -2.47. The van der Waals surface area contributed by atoms with Crippen molar-refractivity contribution in [2.75, 3.05) is 32.8 Å². The molecular formula is C14H20N2O3. The molecule has 104 valence electrons. The van der Waals surface area contributed by atoms with Crippen LogP contribution in [0.5, 0.6) is 5.75 Å². The zero-order valence-electron chi connectivity index (χ0n) is 11.0. The van der Waals surface area contributed by atoms with Gasteiger partial charge in [-0.3, -0.25) is 4.79 Å².